The molecule has 0 aliphatic carbocycles. The molecule has 0 saturated carbocycles. The molecule has 4 aromatic rings. The molecule has 0 amide bonds. The predicted octanol–water partition coefficient (Wildman–Crippen LogP) is 7.66. The van der Waals surface area contributed by atoms with Crippen molar-refractivity contribution in [3.63, 3.8) is 0 Å². The number of aromatic carboxylic acids is 1. The molecular formula is C26H15F7N2O2. The van der Waals surface area contributed by atoms with Gasteiger partial charge in [0.1, 0.15) is 11.5 Å². The van der Waals surface area contributed by atoms with Crippen molar-refractivity contribution in [3.05, 3.63) is 94.9 Å². The quantitative estimate of drug-likeness (QED) is 0.281. The highest BCUT2D eigenvalue weighted by atomic mass is 19.4. The van der Waals surface area contributed by atoms with Crippen molar-refractivity contribution >= 4 is 5.97 Å². The smallest absolute Gasteiger partial charge is 0.433 e. The van der Waals surface area contributed by atoms with Gasteiger partial charge in [-0.1, -0.05) is 24.3 Å². The molecule has 11 heteroatoms. The number of benzene rings is 3. The Bertz CT molecular complexity index is 1510. The molecular weight excluding hydrogens is 505 g/mol. The molecule has 0 spiro atoms. The monoisotopic (exact) mass is 520 g/mol. The highest BCUT2D eigenvalue weighted by Crippen LogP contribution is 2.36. The Hall–Kier alpha value is -4.28. The SMILES string of the molecule is Cc1cc(-c2cc(C(F)(F)F)nc(-c3cccc(-c4ccc(F)c(C(=O)O)c4)c3)n2)cc(C(F)(F)F)c1. The Kier molecular flexibility index (Phi) is 6.49. The van der Waals surface area contributed by atoms with Crippen LogP contribution in [0.5, 0.6) is 0 Å². The maximum atomic E-state index is 13.8. The lowest BCUT2D eigenvalue weighted by molar-refractivity contribution is -0.141. The van der Waals surface area contributed by atoms with Crippen molar-refractivity contribution in [2.24, 2.45) is 0 Å². The van der Waals surface area contributed by atoms with Crippen LogP contribution < -0.4 is 0 Å². The number of carbonyl (C=O) groups is 1. The molecule has 0 aliphatic heterocycles. The lowest BCUT2D eigenvalue weighted by atomic mass is 10.00. The molecule has 0 unspecified atom stereocenters. The summed E-state index contributed by atoms with van der Waals surface area (Å²) in [4.78, 5) is 19.0. The van der Waals surface area contributed by atoms with Crippen LogP contribution in [0.3, 0.4) is 0 Å². The average molecular weight is 520 g/mol. The second kappa shape index (κ2) is 9.30. The van der Waals surface area contributed by atoms with Crippen LogP contribution in [-0.2, 0) is 12.4 Å². The van der Waals surface area contributed by atoms with E-state index in [0.29, 0.717) is 17.7 Å². The van der Waals surface area contributed by atoms with E-state index >= 15 is 0 Å². The zero-order valence-corrected chi connectivity index (χ0v) is 18.7. The molecule has 0 fully saturated rings. The van der Waals surface area contributed by atoms with E-state index in [9.17, 15) is 35.5 Å². The summed E-state index contributed by atoms with van der Waals surface area (Å²) in [6.07, 6.45) is -9.64. The van der Waals surface area contributed by atoms with Gasteiger partial charge in [0.2, 0.25) is 0 Å². The maximum absolute atomic E-state index is 13.8. The van der Waals surface area contributed by atoms with Crippen LogP contribution in [0.25, 0.3) is 33.8 Å². The number of alkyl halides is 6. The summed E-state index contributed by atoms with van der Waals surface area (Å²) in [5.74, 6) is -2.88. The van der Waals surface area contributed by atoms with Gasteiger partial charge in [-0.3, -0.25) is 0 Å². The summed E-state index contributed by atoms with van der Waals surface area (Å²) in [6, 6.07) is 12.5. The molecule has 4 nitrogen and oxygen atoms in total. The normalized spacial score (nSPS) is 12.0. The molecule has 0 saturated heterocycles. The molecule has 3 aromatic carbocycles. The Morgan fingerprint density at radius 1 is 0.757 bits per heavy atom. The Labute approximate surface area is 205 Å². The second-order valence-corrected chi connectivity index (χ2v) is 8.13. The summed E-state index contributed by atoms with van der Waals surface area (Å²) in [7, 11) is 0. The zero-order valence-electron chi connectivity index (χ0n) is 18.7. The molecule has 0 radical (unpaired) electrons. The lowest BCUT2D eigenvalue weighted by Crippen LogP contribution is -2.11. The molecule has 0 aliphatic rings. The molecule has 37 heavy (non-hydrogen) atoms. The molecule has 1 aromatic heterocycles. The first-order valence-corrected chi connectivity index (χ1v) is 10.5. The van der Waals surface area contributed by atoms with Gasteiger partial charge in [0.15, 0.2) is 5.82 Å². The fraction of sp³-hybridized carbons (Fsp3) is 0.115. The molecule has 190 valence electrons. The summed E-state index contributed by atoms with van der Waals surface area (Å²) >= 11 is 0. The predicted molar refractivity (Wildman–Crippen MR) is 120 cm³/mol. The fourth-order valence-corrected chi connectivity index (χ4v) is 3.67. The van der Waals surface area contributed by atoms with E-state index in [4.69, 9.17) is 5.11 Å². The van der Waals surface area contributed by atoms with Gasteiger partial charge in [0.05, 0.1) is 16.8 Å². The second-order valence-electron chi connectivity index (χ2n) is 8.13. The number of rotatable bonds is 4. The lowest BCUT2D eigenvalue weighted by Gasteiger charge is -2.14. The van der Waals surface area contributed by atoms with Gasteiger partial charge in [-0.15, -0.1) is 0 Å². The molecule has 1 heterocycles. The minimum atomic E-state index is -4.92. The number of hydrogen-bond donors (Lipinski definition) is 1. The van der Waals surface area contributed by atoms with E-state index in [0.717, 1.165) is 18.2 Å². The van der Waals surface area contributed by atoms with Crippen LogP contribution in [-0.4, -0.2) is 21.0 Å². The van der Waals surface area contributed by atoms with E-state index in [2.05, 4.69) is 9.97 Å². The summed E-state index contributed by atoms with van der Waals surface area (Å²) in [5.41, 5.74) is -2.69. The first kappa shape index (κ1) is 25.8. The van der Waals surface area contributed by atoms with E-state index in [1.54, 1.807) is 0 Å². The van der Waals surface area contributed by atoms with Crippen molar-refractivity contribution in [2.75, 3.05) is 0 Å². The average Bonchev–Trinajstić information content (AvgIpc) is 2.82. The summed E-state index contributed by atoms with van der Waals surface area (Å²) in [6.45, 7) is 1.38. The Balaban J connectivity index is 1.88. The van der Waals surface area contributed by atoms with Crippen molar-refractivity contribution in [1.82, 2.24) is 9.97 Å². The number of carboxylic acid groups (broad SMARTS) is 1. The van der Waals surface area contributed by atoms with E-state index in [1.165, 1.54) is 43.3 Å². The first-order chi connectivity index (χ1) is 17.2. The summed E-state index contributed by atoms with van der Waals surface area (Å²) < 4.78 is 94.7. The third-order valence-corrected chi connectivity index (χ3v) is 5.37. The minimum Gasteiger partial charge on any atom is -0.478 e. The molecule has 4 rings (SSSR count). The Morgan fingerprint density at radius 3 is 2.08 bits per heavy atom. The number of hydrogen-bond acceptors (Lipinski definition) is 3. The molecule has 0 atom stereocenters. The van der Waals surface area contributed by atoms with Crippen molar-refractivity contribution in [2.45, 2.75) is 19.3 Å². The third-order valence-electron chi connectivity index (χ3n) is 5.37. The van der Waals surface area contributed by atoms with Crippen LogP contribution in [0.1, 0.15) is 27.2 Å². The van der Waals surface area contributed by atoms with Gasteiger partial charge < -0.3 is 5.11 Å². The Morgan fingerprint density at radius 2 is 1.43 bits per heavy atom. The van der Waals surface area contributed by atoms with Crippen LogP contribution in [0.4, 0.5) is 30.7 Å². The number of nitrogens with zero attached hydrogens (tertiary/aromatic N) is 2. The first-order valence-electron chi connectivity index (χ1n) is 10.5. The standard InChI is InChI=1S/C26H15F7N2O2/c1-13-7-17(10-18(8-13)25(28,29)30)21-12-22(26(31,32)33)35-23(34-21)16-4-2-3-14(9-16)15-5-6-20(27)19(11-15)24(36)37/h2-12H,1H3,(H,36,37). The highest BCUT2D eigenvalue weighted by Gasteiger charge is 2.35. The molecule has 0 bridgehead atoms. The van der Waals surface area contributed by atoms with Gasteiger partial charge in [-0.2, -0.15) is 26.3 Å². The maximum Gasteiger partial charge on any atom is 0.433 e. The van der Waals surface area contributed by atoms with Gasteiger partial charge in [0.25, 0.3) is 0 Å². The number of carboxylic acids is 1. The zero-order chi connectivity index (χ0) is 27.1. The number of aryl methyl sites for hydroxylation is 1. The summed E-state index contributed by atoms with van der Waals surface area (Å²) in [5, 5.41) is 9.17. The topological polar surface area (TPSA) is 63.1 Å². The van der Waals surface area contributed by atoms with Crippen molar-refractivity contribution in [1.29, 1.82) is 0 Å². The fourth-order valence-electron chi connectivity index (χ4n) is 3.67. The number of halogens is 7. The van der Waals surface area contributed by atoms with Crippen LogP contribution in [0, 0.1) is 12.7 Å². The van der Waals surface area contributed by atoms with Crippen molar-refractivity contribution < 1.29 is 40.6 Å². The minimum absolute atomic E-state index is 0.0785. The van der Waals surface area contributed by atoms with Crippen LogP contribution in [0.15, 0.2) is 66.7 Å². The largest absolute Gasteiger partial charge is 0.478 e. The number of aromatic nitrogens is 2. The van der Waals surface area contributed by atoms with Crippen LogP contribution >= 0.6 is 0 Å². The highest BCUT2D eigenvalue weighted by molar-refractivity contribution is 5.90. The van der Waals surface area contributed by atoms with Gasteiger partial charge in [-0.05, 0) is 66.1 Å². The molecule has 1 N–H and O–H groups in total. The van der Waals surface area contributed by atoms with Gasteiger partial charge in [-0.25, -0.2) is 19.2 Å². The van der Waals surface area contributed by atoms with Gasteiger partial charge in [0, 0.05) is 11.1 Å². The van der Waals surface area contributed by atoms with E-state index in [1.807, 2.05) is 0 Å². The van der Waals surface area contributed by atoms with E-state index in [-0.39, 0.29) is 27.9 Å². The van der Waals surface area contributed by atoms with Crippen LogP contribution in [0.2, 0.25) is 0 Å². The van der Waals surface area contributed by atoms with E-state index < -0.39 is 46.8 Å². The van der Waals surface area contributed by atoms with Crippen molar-refractivity contribution in [3.8, 4) is 33.8 Å². The van der Waals surface area contributed by atoms with Gasteiger partial charge >= 0.3 is 18.3 Å². The third kappa shape index (κ3) is 5.60.